The SMILES string of the molecule is C[Si](C)(C)O[C@@H]1CCCC[C@@H]1P(=O)(O)CCC(=O)O. The van der Waals surface area contributed by atoms with Crippen LogP contribution in [0.2, 0.25) is 19.6 Å². The van der Waals surface area contributed by atoms with Crippen LogP contribution in [-0.4, -0.2) is 42.2 Å². The molecule has 5 nitrogen and oxygen atoms in total. The van der Waals surface area contributed by atoms with Crippen LogP contribution in [-0.2, 0) is 13.8 Å². The lowest BCUT2D eigenvalue weighted by molar-refractivity contribution is -0.136. The molecule has 2 N–H and O–H groups in total. The van der Waals surface area contributed by atoms with Gasteiger partial charge in [0.25, 0.3) is 0 Å². The van der Waals surface area contributed by atoms with Crippen LogP contribution in [0.4, 0.5) is 0 Å². The second-order valence-corrected chi connectivity index (χ2v) is 13.3. The van der Waals surface area contributed by atoms with Crippen molar-refractivity contribution in [2.45, 2.75) is 63.5 Å². The first-order chi connectivity index (χ1) is 8.62. The average Bonchev–Trinajstić information content (AvgIpc) is 2.25. The van der Waals surface area contributed by atoms with Crippen molar-refractivity contribution in [3.8, 4) is 0 Å². The van der Waals surface area contributed by atoms with Crippen LogP contribution in [0.5, 0.6) is 0 Å². The summed E-state index contributed by atoms with van der Waals surface area (Å²) in [5, 5.41) is 8.67. The summed E-state index contributed by atoms with van der Waals surface area (Å²) < 4.78 is 18.4. The zero-order valence-electron chi connectivity index (χ0n) is 12.0. The monoisotopic (exact) mass is 308 g/mol. The molecule has 0 aromatic carbocycles. The van der Waals surface area contributed by atoms with E-state index in [0.717, 1.165) is 19.3 Å². The normalized spacial score (nSPS) is 27.8. The van der Waals surface area contributed by atoms with Gasteiger partial charge in [-0.05, 0) is 32.5 Å². The minimum atomic E-state index is -3.45. The highest BCUT2D eigenvalue weighted by Gasteiger charge is 2.41. The van der Waals surface area contributed by atoms with Gasteiger partial charge in [0.1, 0.15) is 0 Å². The highest BCUT2D eigenvalue weighted by molar-refractivity contribution is 7.58. The predicted octanol–water partition coefficient (Wildman–Crippen LogP) is 2.89. The van der Waals surface area contributed by atoms with Gasteiger partial charge < -0.3 is 14.4 Å². The Kier molecular flexibility index (Phi) is 5.80. The van der Waals surface area contributed by atoms with E-state index in [4.69, 9.17) is 9.53 Å². The number of hydrogen-bond acceptors (Lipinski definition) is 3. The van der Waals surface area contributed by atoms with Crippen molar-refractivity contribution in [2.24, 2.45) is 0 Å². The average molecular weight is 308 g/mol. The lowest BCUT2D eigenvalue weighted by Crippen LogP contribution is -2.41. The molecule has 1 fully saturated rings. The van der Waals surface area contributed by atoms with E-state index in [9.17, 15) is 14.3 Å². The molecule has 0 spiro atoms. The molecule has 1 aliphatic rings. The topological polar surface area (TPSA) is 83.8 Å². The molecule has 3 atom stereocenters. The minimum absolute atomic E-state index is 0.140. The second kappa shape index (κ2) is 6.53. The van der Waals surface area contributed by atoms with Gasteiger partial charge in [-0.15, -0.1) is 0 Å². The first-order valence-electron chi connectivity index (χ1n) is 6.83. The van der Waals surface area contributed by atoms with Crippen LogP contribution in [0.25, 0.3) is 0 Å². The zero-order valence-corrected chi connectivity index (χ0v) is 13.9. The standard InChI is InChI=1S/C12H25O5PSi/c1-19(2,3)17-10-6-4-5-7-11(10)18(15,16)9-8-12(13)14/h10-11H,4-9H2,1-3H3,(H,13,14)(H,15,16)/t10-,11+/m1/s1. The summed E-state index contributed by atoms with van der Waals surface area (Å²) in [7, 11) is -5.21. The molecule has 0 aromatic rings. The summed E-state index contributed by atoms with van der Waals surface area (Å²) in [5.41, 5.74) is -0.382. The maximum Gasteiger partial charge on any atom is 0.303 e. The zero-order chi connectivity index (χ0) is 14.7. The number of carboxylic acids is 1. The van der Waals surface area contributed by atoms with E-state index in [1.54, 1.807) is 0 Å². The summed E-state index contributed by atoms with van der Waals surface area (Å²) in [5.74, 6) is -1.02. The van der Waals surface area contributed by atoms with Gasteiger partial charge in [0.05, 0.1) is 18.2 Å². The van der Waals surface area contributed by atoms with Gasteiger partial charge in [0.2, 0.25) is 7.37 Å². The van der Waals surface area contributed by atoms with E-state index >= 15 is 0 Å². The van der Waals surface area contributed by atoms with Crippen molar-refractivity contribution in [3.05, 3.63) is 0 Å². The van der Waals surface area contributed by atoms with Crippen LogP contribution in [0.1, 0.15) is 32.1 Å². The molecule has 0 aliphatic heterocycles. The van der Waals surface area contributed by atoms with Crippen molar-refractivity contribution >= 4 is 21.7 Å². The van der Waals surface area contributed by atoms with Crippen LogP contribution < -0.4 is 0 Å². The maximum absolute atomic E-state index is 12.4. The summed E-state index contributed by atoms with van der Waals surface area (Å²) in [6.07, 6.45) is 2.86. The third-order valence-electron chi connectivity index (χ3n) is 3.34. The molecule has 1 rings (SSSR count). The Bertz CT molecular complexity index is 366. The molecule has 1 saturated carbocycles. The Balaban J connectivity index is 2.75. The third-order valence-corrected chi connectivity index (χ3v) is 6.84. The van der Waals surface area contributed by atoms with E-state index in [0.29, 0.717) is 6.42 Å². The van der Waals surface area contributed by atoms with Gasteiger partial charge in [-0.2, -0.15) is 0 Å². The number of rotatable bonds is 6. The third kappa shape index (κ3) is 5.77. The second-order valence-electron chi connectivity index (χ2n) is 6.24. The molecular weight excluding hydrogens is 283 g/mol. The molecule has 7 heteroatoms. The van der Waals surface area contributed by atoms with Gasteiger partial charge in [0, 0.05) is 6.16 Å². The minimum Gasteiger partial charge on any atom is -0.481 e. The molecule has 0 aromatic heterocycles. The van der Waals surface area contributed by atoms with Crippen LogP contribution >= 0.6 is 7.37 Å². The van der Waals surface area contributed by atoms with Crippen molar-refractivity contribution in [2.75, 3.05) is 6.16 Å². The maximum atomic E-state index is 12.4. The first kappa shape index (κ1) is 16.9. The van der Waals surface area contributed by atoms with Crippen molar-refractivity contribution in [1.82, 2.24) is 0 Å². The highest BCUT2D eigenvalue weighted by Crippen LogP contribution is 2.53. The molecule has 112 valence electrons. The molecule has 0 radical (unpaired) electrons. The first-order valence-corrected chi connectivity index (χ1v) is 12.2. The highest BCUT2D eigenvalue weighted by atomic mass is 31.2. The fourth-order valence-corrected chi connectivity index (χ4v) is 6.02. The number of carboxylic acid groups (broad SMARTS) is 1. The largest absolute Gasteiger partial charge is 0.481 e. The molecule has 0 saturated heterocycles. The van der Waals surface area contributed by atoms with Crippen LogP contribution in [0.3, 0.4) is 0 Å². The van der Waals surface area contributed by atoms with Crippen molar-refractivity contribution in [1.29, 1.82) is 0 Å². The molecular formula is C12H25O5PSi. The van der Waals surface area contributed by atoms with E-state index < -0.39 is 21.7 Å². The van der Waals surface area contributed by atoms with E-state index in [1.807, 2.05) is 0 Å². The summed E-state index contributed by atoms with van der Waals surface area (Å²) >= 11 is 0. The number of aliphatic carboxylic acids is 1. The smallest absolute Gasteiger partial charge is 0.303 e. The lowest BCUT2D eigenvalue weighted by Gasteiger charge is -2.37. The van der Waals surface area contributed by atoms with E-state index in [1.165, 1.54) is 0 Å². The summed E-state index contributed by atoms with van der Waals surface area (Å²) in [6, 6.07) is 0. The molecule has 0 heterocycles. The van der Waals surface area contributed by atoms with Gasteiger partial charge >= 0.3 is 5.97 Å². The van der Waals surface area contributed by atoms with Crippen LogP contribution in [0, 0.1) is 0 Å². The molecule has 1 unspecified atom stereocenters. The van der Waals surface area contributed by atoms with Gasteiger partial charge in [0.15, 0.2) is 8.32 Å². The Morgan fingerprint density at radius 3 is 2.42 bits per heavy atom. The van der Waals surface area contributed by atoms with Crippen molar-refractivity contribution < 1.29 is 23.8 Å². The fraction of sp³-hybridized carbons (Fsp3) is 0.917. The van der Waals surface area contributed by atoms with Gasteiger partial charge in [-0.3, -0.25) is 9.36 Å². The summed E-state index contributed by atoms with van der Waals surface area (Å²) in [6.45, 7) is 6.20. The fourth-order valence-electron chi connectivity index (χ4n) is 2.55. The Labute approximate surface area is 115 Å². The van der Waals surface area contributed by atoms with Crippen molar-refractivity contribution in [3.63, 3.8) is 0 Å². The summed E-state index contributed by atoms with van der Waals surface area (Å²) in [4.78, 5) is 20.8. The lowest BCUT2D eigenvalue weighted by atomic mass is 9.97. The molecule has 19 heavy (non-hydrogen) atoms. The quantitative estimate of drug-likeness (QED) is 0.582. The molecule has 0 amide bonds. The number of hydrogen-bond donors (Lipinski definition) is 2. The molecule has 1 aliphatic carbocycles. The Morgan fingerprint density at radius 1 is 1.32 bits per heavy atom. The van der Waals surface area contributed by atoms with Crippen LogP contribution in [0.15, 0.2) is 0 Å². The Hall–Kier alpha value is -0.163. The van der Waals surface area contributed by atoms with E-state index in [2.05, 4.69) is 19.6 Å². The van der Waals surface area contributed by atoms with E-state index in [-0.39, 0.29) is 24.3 Å². The van der Waals surface area contributed by atoms with Gasteiger partial charge in [-0.25, -0.2) is 0 Å². The Morgan fingerprint density at radius 2 is 1.89 bits per heavy atom. The number of carbonyl (C=O) groups is 1. The molecule has 0 bridgehead atoms. The van der Waals surface area contributed by atoms with Gasteiger partial charge in [-0.1, -0.05) is 12.8 Å². The predicted molar refractivity (Wildman–Crippen MR) is 77.4 cm³/mol.